The molecule has 0 radical (unpaired) electrons. The lowest BCUT2D eigenvalue weighted by atomic mass is 10.1. The maximum atomic E-state index is 12.3. The summed E-state index contributed by atoms with van der Waals surface area (Å²) in [5, 5.41) is 0. The minimum atomic E-state index is 0. The fourth-order valence-electron chi connectivity index (χ4n) is 2.55. The zero-order valence-corrected chi connectivity index (χ0v) is 11.7. The largest absolute Gasteiger partial charge is 0.467 e. The van der Waals surface area contributed by atoms with Crippen molar-refractivity contribution in [3.63, 3.8) is 0 Å². The summed E-state index contributed by atoms with van der Waals surface area (Å²) in [7, 11) is 0. The minimum absolute atomic E-state index is 0. The molecule has 0 aliphatic carbocycles. The van der Waals surface area contributed by atoms with Gasteiger partial charge in [-0.15, -0.1) is 12.4 Å². The first-order valence-electron chi connectivity index (χ1n) is 6.24. The second-order valence-electron chi connectivity index (χ2n) is 4.87. The number of hydrogen-bond acceptors (Lipinski definition) is 3. The molecule has 1 aromatic heterocycles. The van der Waals surface area contributed by atoms with Gasteiger partial charge in [0, 0.05) is 12.6 Å². The van der Waals surface area contributed by atoms with Crippen LogP contribution in [0.2, 0.25) is 0 Å². The normalized spacial score (nSPS) is 22.9. The first-order chi connectivity index (χ1) is 8.15. The van der Waals surface area contributed by atoms with Crippen LogP contribution in [0.3, 0.4) is 0 Å². The highest BCUT2D eigenvalue weighted by molar-refractivity contribution is 5.94. The fourth-order valence-corrected chi connectivity index (χ4v) is 2.55. The lowest BCUT2D eigenvalue weighted by Gasteiger charge is -2.22. The summed E-state index contributed by atoms with van der Waals surface area (Å²) in [6.45, 7) is 5.50. The van der Waals surface area contributed by atoms with Crippen molar-refractivity contribution in [2.45, 2.75) is 39.3 Å². The zero-order valence-electron chi connectivity index (χ0n) is 10.9. The van der Waals surface area contributed by atoms with E-state index in [4.69, 9.17) is 10.2 Å². The first kappa shape index (κ1) is 15.1. The van der Waals surface area contributed by atoms with Crippen molar-refractivity contribution < 1.29 is 9.21 Å². The van der Waals surface area contributed by atoms with Crippen LogP contribution >= 0.6 is 12.4 Å². The van der Waals surface area contributed by atoms with Gasteiger partial charge in [0.15, 0.2) is 0 Å². The van der Waals surface area contributed by atoms with Crippen LogP contribution in [0.5, 0.6) is 0 Å². The van der Waals surface area contributed by atoms with E-state index in [9.17, 15) is 4.79 Å². The van der Waals surface area contributed by atoms with Gasteiger partial charge in [0.05, 0.1) is 12.1 Å². The summed E-state index contributed by atoms with van der Waals surface area (Å²) in [6, 6.07) is 2.12. The minimum Gasteiger partial charge on any atom is -0.467 e. The maximum Gasteiger partial charge on any atom is 0.257 e. The SMILES string of the molecule is CCC1CC(C)CN1C(=O)c1coc(CN)c1.Cl. The molecule has 0 bridgehead atoms. The number of furan rings is 1. The topological polar surface area (TPSA) is 59.5 Å². The molecule has 1 amide bonds. The van der Waals surface area contributed by atoms with E-state index in [2.05, 4.69) is 13.8 Å². The van der Waals surface area contributed by atoms with Crippen molar-refractivity contribution in [1.82, 2.24) is 4.90 Å². The standard InChI is InChI=1S/C13H20N2O2.ClH/c1-3-11-4-9(2)7-15(11)13(16)10-5-12(6-14)17-8-10;/h5,8-9,11H,3-4,6-7,14H2,1-2H3;1H. The Morgan fingerprint density at radius 2 is 2.33 bits per heavy atom. The van der Waals surface area contributed by atoms with E-state index in [1.165, 1.54) is 6.26 Å². The molecule has 0 spiro atoms. The third-order valence-corrected chi connectivity index (χ3v) is 3.46. The van der Waals surface area contributed by atoms with E-state index in [1.54, 1.807) is 6.07 Å². The van der Waals surface area contributed by atoms with Gasteiger partial charge in [-0.2, -0.15) is 0 Å². The van der Waals surface area contributed by atoms with Gasteiger partial charge in [-0.1, -0.05) is 13.8 Å². The van der Waals surface area contributed by atoms with E-state index in [-0.39, 0.29) is 18.3 Å². The monoisotopic (exact) mass is 272 g/mol. The smallest absolute Gasteiger partial charge is 0.257 e. The van der Waals surface area contributed by atoms with E-state index >= 15 is 0 Å². The number of halogens is 1. The molecular formula is C13H21ClN2O2. The van der Waals surface area contributed by atoms with Crippen molar-refractivity contribution in [3.8, 4) is 0 Å². The Labute approximate surface area is 114 Å². The molecule has 1 aliphatic heterocycles. The van der Waals surface area contributed by atoms with Crippen LogP contribution in [-0.4, -0.2) is 23.4 Å². The zero-order chi connectivity index (χ0) is 12.4. The van der Waals surface area contributed by atoms with Gasteiger partial charge >= 0.3 is 0 Å². The maximum absolute atomic E-state index is 12.3. The van der Waals surface area contributed by atoms with E-state index in [0.717, 1.165) is 19.4 Å². The molecule has 1 aromatic rings. The molecule has 2 rings (SSSR count). The summed E-state index contributed by atoms with van der Waals surface area (Å²) in [6.07, 6.45) is 3.63. The summed E-state index contributed by atoms with van der Waals surface area (Å²) < 4.78 is 5.22. The molecule has 2 atom stereocenters. The predicted molar refractivity (Wildman–Crippen MR) is 72.7 cm³/mol. The third kappa shape index (κ3) is 2.87. The van der Waals surface area contributed by atoms with Gasteiger partial charge < -0.3 is 15.1 Å². The molecule has 2 heterocycles. The molecule has 4 nitrogen and oxygen atoms in total. The number of amides is 1. The van der Waals surface area contributed by atoms with Gasteiger partial charge in [0.25, 0.3) is 5.91 Å². The molecule has 0 saturated carbocycles. The Hall–Kier alpha value is -1.00. The number of hydrogen-bond donors (Lipinski definition) is 1. The molecular weight excluding hydrogens is 252 g/mol. The van der Waals surface area contributed by atoms with Gasteiger partial charge in [-0.25, -0.2) is 0 Å². The molecule has 1 aliphatic rings. The highest BCUT2D eigenvalue weighted by Gasteiger charge is 2.32. The third-order valence-electron chi connectivity index (χ3n) is 3.46. The van der Waals surface area contributed by atoms with Gasteiger partial charge in [0.2, 0.25) is 0 Å². The van der Waals surface area contributed by atoms with Crippen LogP contribution in [0.15, 0.2) is 16.7 Å². The lowest BCUT2D eigenvalue weighted by molar-refractivity contribution is 0.0729. The van der Waals surface area contributed by atoms with Crippen molar-refractivity contribution in [3.05, 3.63) is 23.7 Å². The Bertz CT molecular complexity index is 405. The summed E-state index contributed by atoms with van der Waals surface area (Å²) in [5.74, 6) is 1.32. The van der Waals surface area contributed by atoms with Crippen molar-refractivity contribution in [1.29, 1.82) is 0 Å². The Kier molecular flexibility index (Phi) is 5.23. The Morgan fingerprint density at radius 1 is 1.61 bits per heavy atom. The van der Waals surface area contributed by atoms with Gasteiger partial charge in [-0.05, 0) is 24.8 Å². The van der Waals surface area contributed by atoms with Crippen LogP contribution in [0.25, 0.3) is 0 Å². The summed E-state index contributed by atoms with van der Waals surface area (Å²) in [5.41, 5.74) is 6.10. The van der Waals surface area contributed by atoms with Crippen LogP contribution in [-0.2, 0) is 6.54 Å². The number of carbonyl (C=O) groups excluding carboxylic acids is 1. The van der Waals surface area contributed by atoms with Gasteiger partial charge in [0.1, 0.15) is 12.0 Å². The van der Waals surface area contributed by atoms with Crippen LogP contribution in [0.1, 0.15) is 42.8 Å². The van der Waals surface area contributed by atoms with Crippen molar-refractivity contribution in [2.24, 2.45) is 11.7 Å². The second-order valence-corrected chi connectivity index (χ2v) is 4.87. The lowest BCUT2D eigenvalue weighted by Crippen LogP contribution is -2.35. The molecule has 1 fully saturated rings. The molecule has 18 heavy (non-hydrogen) atoms. The van der Waals surface area contributed by atoms with E-state index in [1.807, 2.05) is 4.90 Å². The van der Waals surface area contributed by atoms with Crippen molar-refractivity contribution in [2.75, 3.05) is 6.54 Å². The first-order valence-corrected chi connectivity index (χ1v) is 6.24. The Balaban J connectivity index is 0.00000162. The molecule has 2 N–H and O–H groups in total. The molecule has 0 aromatic carbocycles. The predicted octanol–water partition coefficient (Wildman–Crippen LogP) is 2.42. The summed E-state index contributed by atoms with van der Waals surface area (Å²) >= 11 is 0. The molecule has 102 valence electrons. The average Bonchev–Trinajstić information content (AvgIpc) is 2.93. The van der Waals surface area contributed by atoms with E-state index < -0.39 is 0 Å². The number of likely N-dealkylation sites (tertiary alicyclic amines) is 1. The average molecular weight is 273 g/mol. The van der Waals surface area contributed by atoms with E-state index in [0.29, 0.717) is 29.8 Å². The molecule has 1 saturated heterocycles. The fraction of sp³-hybridized carbons (Fsp3) is 0.615. The number of nitrogens with zero attached hydrogens (tertiary/aromatic N) is 1. The highest BCUT2D eigenvalue weighted by atomic mass is 35.5. The molecule has 5 heteroatoms. The van der Waals surface area contributed by atoms with Crippen molar-refractivity contribution >= 4 is 18.3 Å². The Morgan fingerprint density at radius 3 is 2.89 bits per heavy atom. The summed E-state index contributed by atoms with van der Waals surface area (Å²) in [4.78, 5) is 14.3. The molecule has 2 unspecified atom stereocenters. The number of carbonyl (C=O) groups is 1. The van der Waals surface area contributed by atoms with Crippen LogP contribution in [0, 0.1) is 5.92 Å². The van der Waals surface area contributed by atoms with Crippen LogP contribution in [0.4, 0.5) is 0 Å². The second kappa shape index (κ2) is 6.25. The highest BCUT2D eigenvalue weighted by Crippen LogP contribution is 2.27. The van der Waals surface area contributed by atoms with Crippen LogP contribution < -0.4 is 5.73 Å². The number of nitrogens with two attached hydrogens (primary N) is 1. The quantitative estimate of drug-likeness (QED) is 0.919. The number of rotatable bonds is 3. The van der Waals surface area contributed by atoms with Gasteiger partial charge in [-0.3, -0.25) is 4.79 Å².